The average molecular weight is 415 g/mol. The van der Waals surface area contributed by atoms with Gasteiger partial charge in [-0.25, -0.2) is 4.98 Å². The first-order valence-electron chi connectivity index (χ1n) is 6.51. The Labute approximate surface area is 147 Å². The van der Waals surface area contributed by atoms with E-state index in [1.807, 2.05) is 24.4 Å². The van der Waals surface area contributed by atoms with Gasteiger partial charge in [-0.3, -0.25) is 10.1 Å². The second-order valence-electron chi connectivity index (χ2n) is 4.39. The van der Waals surface area contributed by atoms with Crippen LogP contribution in [0.25, 0.3) is 10.6 Å². The van der Waals surface area contributed by atoms with E-state index in [-0.39, 0.29) is 5.91 Å². The van der Waals surface area contributed by atoms with Crippen molar-refractivity contribution in [3.8, 4) is 10.6 Å². The van der Waals surface area contributed by atoms with Crippen molar-refractivity contribution in [3.63, 3.8) is 0 Å². The van der Waals surface area contributed by atoms with Gasteiger partial charge >= 0.3 is 0 Å². The van der Waals surface area contributed by atoms with Gasteiger partial charge in [0, 0.05) is 5.38 Å². The van der Waals surface area contributed by atoms with Crippen molar-refractivity contribution in [2.45, 2.75) is 19.8 Å². The summed E-state index contributed by atoms with van der Waals surface area (Å²) in [7, 11) is 0. The topological polar surface area (TPSA) is 67.8 Å². The van der Waals surface area contributed by atoms with Crippen LogP contribution in [0.2, 0.25) is 0 Å². The fraction of sp³-hybridized carbons (Fsp3) is 0.231. The maximum atomic E-state index is 12.3. The molecule has 0 atom stereocenters. The zero-order valence-corrected chi connectivity index (χ0v) is 15.5. The van der Waals surface area contributed by atoms with E-state index in [1.165, 1.54) is 11.3 Å². The maximum Gasteiger partial charge on any atom is 0.271 e. The molecule has 0 aliphatic heterocycles. The molecular weight excluding hydrogens is 404 g/mol. The second kappa shape index (κ2) is 6.95. The van der Waals surface area contributed by atoms with Crippen LogP contribution in [0.5, 0.6) is 0 Å². The molecule has 5 nitrogen and oxygen atoms in total. The Bertz CT molecular complexity index is 795. The molecule has 0 spiro atoms. The summed E-state index contributed by atoms with van der Waals surface area (Å²) < 4.78 is 4.93. The molecule has 0 bridgehead atoms. The molecule has 114 valence electrons. The van der Waals surface area contributed by atoms with E-state index in [0.717, 1.165) is 44.4 Å². The number of nitrogens with one attached hydrogen (secondary N) is 1. The summed E-state index contributed by atoms with van der Waals surface area (Å²) >= 11 is 7.58. The highest BCUT2D eigenvalue weighted by molar-refractivity contribution is 9.11. The molecule has 0 aliphatic carbocycles. The zero-order chi connectivity index (χ0) is 15.5. The van der Waals surface area contributed by atoms with Crippen LogP contribution < -0.4 is 5.32 Å². The summed E-state index contributed by atoms with van der Waals surface area (Å²) in [5, 5.41) is 9.36. The van der Waals surface area contributed by atoms with Gasteiger partial charge in [-0.05, 0) is 46.0 Å². The molecule has 0 aromatic carbocycles. The molecule has 0 saturated carbocycles. The third-order valence-corrected chi connectivity index (χ3v) is 5.97. The van der Waals surface area contributed by atoms with Gasteiger partial charge < -0.3 is 0 Å². The van der Waals surface area contributed by atoms with Gasteiger partial charge in [0.2, 0.25) is 0 Å². The number of hydrogen-bond acceptors (Lipinski definition) is 7. The van der Waals surface area contributed by atoms with E-state index in [0.29, 0.717) is 10.0 Å². The first kappa shape index (κ1) is 15.7. The van der Waals surface area contributed by atoms with Crippen molar-refractivity contribution in [3.05, 3.63) is 31.9 Å². The Morgan fingerprint density at radius 3 is 3.00 bits per heavy atom. The van der Waals surface area contributed by atoms with Crippen LogP contribution in [0.15, 0.2) is 21.3 Å². The van der Waals surface area contributed by atoms with Gasteiger partial charge in [0.05, 0.1) is 20.1 Å². The highest BCUT2D eigenvalue weighted by Crippen LogP contribution is 2.33. The summed E-state index contributed by atoms with van der Waals surface area (Å²) in [4.78, 5) is 18.4. The largest absolute Gasteiger partial charge is 0.297 e. The number of thiazole rings is 1. The summed E-state index contributed by atoms with van der Waals surface area (Å²) in [6.07, 6.45) is 1.69. The summed E-state index contributed by atoms with van der Waals surface area (Å²) in [6.45, 7) is 2.05. The quantitative estimate of drug-likeness (QED) is 0.657. The standard InChI is InChI=1S/C13H11BrN4OS3/c1-2-3-7-11(22-18-17-7)12(19)16-13-15-8(6-20-13)9-4-5-10(14)21-9/h4-6H,2-3H2,1H3,(H,15,16,19). The Morgan fingerprint density at radius 1 is 1.41 bits per heavy atom. The molecule has 0 aliphatic rings. The van der Waals surface area contributed by atoms with Crippen LogP contribution >= 0.6 is 50.1 Å². The molecule has 3 rings (SSSR count). The lowest BCUT2D eigenvalue weighted by atomic mass is 10.2. The number of thiophene rings is 1. The minimum atomic E-state index is -0.188. The number of hydrogen-bond donors (Lipinski definition) is 1. The number of halogens is 1. The maximum absolute atomic E-state index is 12.3. The number of aryl methyl sites for hydroxylation is 1. The van der Waals surface area contributed by atoms with E-state index in [2.05, 4.69) is 35.8 Å². The number of carbonyl (C=O) groups excluding carboxylic acids is 1. The molecule has 3 heterocycles. The fourth-order valence-corrected chi connectivity index (χ4v) is 4.56. The Morgan fingerprint density at radius 2 is 2.27 bits per heavy atom. The molecule has 3 aromatic rings. The van der Waals surface area contributed by atoms with E-state index in [1.54, 1.807) is 11.3 Å². The van der Waals surface area contributed by atoms with Crippen molar-refractivity contribution in [1.82, 2.24) is 14.6 Å². The van der Waals surface area contributed by atoms with Gasteiger partial charge in [-0.2, -0.15) is 0 Å². The van der Waals surface area contributed by atoms with Crippen molar-refractivity contribution < 1.29 is 4.79 Å². The lowest BCUT2D eigenvalue weighted by molar-refractivity contribution is 0.102. The Balaban J connectivity index is 1.74. The van der Waals surface area contributed by atoms with E-state index in [4.69, 9.17) is 0 Å². The van der Waals surface area contributed by atoms with Gasteiger partial charge in [0.25, 0.3) is 5.91 Å². The summed E-state index contributed by atoms with van der Waals surface area (Å²) in [5.41, 5.74) is 1.62. The number of carbonyl (C=O) groups is 1. The smallest absolute Gasteiger partial charge is 0.271 e. The molecule has 1 N–H and O–H groups in total. The zero-order valence-electron chi connectivity index (χ0n) is 11.5. The molecule has 0 saturated heterocycles. The second-order valence-corrected chi connectivity index (χ2v) is 8.47. The predicted octanol–water partition coefficient (Wildman–Crippen LogP) is 4.69. The number of nitrogens with zero attached hydrogens (tertiary/aromatic N) is 3. The van der Waals surface area contributed by atoms with Crippen LogP contribution in [-0.2, 0) is 6.42 Å². The molecule has 0 fully saturated rings. The third-order valence-electron chi connectivity index (χ3n) is 2.80. The van der Waals surface area contributed by atoms with Gasteiger partial charge in [0.1, 0.15) is 4.88 Å². The van der Waals surface area contributed by atoms with Crippen LogP contribution in [0.4, 0.5) is 5.13 Å². The minimum Gasteiger partial charge on any atom is -0.297 e. The summed E-state index contributed by atoms with van der Waals surface area (Å²) in [6, 6.07) is 3.99. The van der Waals surface area contributed by atoms with Gasteiger partial charge in [0.15, 0.2) is 5.13 Å². The minimum absolute atomic E-state index is 0.188. The first-order valence-corrected chi connectivity index (χ1v) is 9.77. The molecule has 0 radical (unpaired) electrons. The first-order chi connectivity index (χ1) is 10.7. The molecule has 3 aromatic heterocycles. The van der Waals surface area contributed by atoms with Gasteiger partial charge in [-0.15, -0.1) is 27.8 Å². The number of amides is 1. The lowest BCUT2D eigenvalue weighted by Gasteiger charge is -2.00. The molecular formula is C13H11BrN4OS3. The molecule has 9 heteroatoms. The monoisotopic (exact) mass is 414 g/mol. The SMILES string of the molecule is CCCc1nnsc1C(=O)Nc1nc(-c2ccc(Br)s2)cs1. The molecule has 1 amide bonds. The predicted molar refractivity (Wildman–Crippen MR) is 95.0 cm³/mol. The number of rotatable bonds is 5. The van der Waals surface area contributed by atoms with Crippen molar-refractivity contribution in [2.24, 2.45) is 0 Å². The fourth-order valence-electron chi connectivity index (χ4n) is 1.83. The average Bonchev–Trinajstić information content (AvgIpc) is 3.19. The summed E-state index contributed by atoms with van der Waals surface area (Å²) in [5.74, 6) is -0.188. The highest BCUT2D eigenvalue weighted by Gasteiger charge is 2.17. The lowest BCUT2D eigenvalue weighted by Crippen LogP contribution is -2.12. The van der Waals surface area contributed by atoms with Crippen molar-refractivity contribution in [2.75, 3.05) is 5.32 Å². The van der Waals surface area contributed by atoms with Crippen LogP contribution in [0, 0.1) is 0 Å². The number of anilines is 1. The Hall–Kier alpha value is -1.16. The van der Waals surface area contributed by atoms with Crippen LogP contribution in [0.3, 0.4) is 0 Å². The van der Waals surface area contributed by atoms with E-state index in [9.17, 15) is 4.79 Å². The van der Waals surface area contributed by atoms with Crippen LogP contribution in [-0.4, -0.2) is 20.5 Å². The van der Waals surface area contributed by atoms with E-state index < -0.39 is 0 Å². The van der Waals surface area contributed by atoms with Crippen molar-refractivity contribution in [1.29, 1.82) is 0 Å². The third kappa shape index (κ3) is 3.43. The highest BCUT2D eigenvalue weighted by atomic mass is 79.9. The van der Waals surface area contributed by atoms with Crippen LogP contribution in [0.1, 0.15) is 28.7 Å². The molecule has 0 unspecified atom stereocenters. The van der Waals surface area contributed by atoms with E-state index >= 15 is 0 Å². The number of aromatic nitrogens is 3. The van der Waals surface area contributed by atoms with Crippen molar-refractivity contribution >= 4 is 61.2 Å². The molecule has 22 heavy (non-hydrogen) atoms. The Kier molecular flexibility index (Phi) is 4.97. The normalized spacial score (nSPS) is 10.8. The van der Waals surface area contributed by atoms with Gasteiger partial charge in [-0.1, -0.05) is 17.8 Å².